The van der Waals surface area contributed by atoms with Gasteiger partial charge in [0.1, 0.15) is 5.82 Å². The lowest BCUT2D eigenvalue weighted by atomic mass is 10.1. The van der Waals surface area contributed by atoms with Crippen LogP contribution in [-0.4, -0.2) is 23.2 Å². The highest BCUT2D eigenvalue weighted by Gasteiger charge is 2.26. The number of halogens is 1. The van der Waals surface area contributed by atoms with Crippen LogP contribution in [0.25, 0.3) is 0 Å². The molecule has 0 saturated heterocycles. The molecule has 0 fully saturated rings. The summed E-state index contributed by atoms with van der Waals surface area (Å²) >= 11 is 5.88. The molecule has 3 aromatic rings. The van der Waals surface area contributed by atoms with Gasteiger partial charge in [0.05, 0.1) is 10.9 Å². The van der Waals surface area contributed by atoms with Crippen molar-refractivity contribution < 1.29 is 8.42 Å². The van der Waals surface area contributed by atoms with E-state index in [1.165, 1.54) is 12.1 Å². The number of hydrogen-bond acceptors (Lipinski definition) is 4. The van der Waals surface area contributed by atoms with E-state index in [0.717, 1.165) is 11.4 Å². The minimum atomic E-state index is -3.75. The van der Waals surface area contributed by atoms with Gasteiger partial charge < -0.3 is 4.57 Å². The summed E-state index contributed by atoms with van der Waals surface area (Å²) in [6, 6.07) is 15.2. The molecule has 0 spiro atoms. The average Bonchev–Trinajstić information content (AvgIpc) is 3.03. The molecular weight excluding hydrogens is 384 g/mol. The number of sulfonamides is 1. The molecule has 142 valence electrons. The van der Waals surface area contributed by atoms with Gasteiger partial charge in [-0.1, -0.05) is 41.9 Å². The Balaban J connectivity index is 1.97. The molecule has 0 radical (unpaired) electrons. The molecule has 0 saturated carbocycles. The van der Waals surface area contributed by atoms with Gasteiger partial charge >= 0.3 is 0 Å². The quantitative estimate of drug-likeness (QED) is 0.653. The first kappa shape index (κ1) is 19.5. The topological polar surface area (TPSA) is 76.9 Å². The molecule has 1 heterocycles. The van der Waals surface area contributed by atoms with Crippen LogP contribution in [0.5, 0.6) is 0 Å². The van der Waals surface area contributed by atoms with Crippen LogP contribution >= 0.6 is 11.6 Å². The van der Waals surface area contributed by atoms with Gasteiger partial charge in [0.15, 0.2) is 5.82 Å². The highest BCUT2D eigenvalue weighted by Crippen LogP contribution is 2.22. The zero-order valence-corrected chi connectivity index (χ0v) is 16.7. The van der Waals surface area contributed by atoms with Crippen molar-refractivity contribution in [2.45, 2.75) is 37.8 Å². The number of hydrogen-bond donors (Lipinski definition) is 1. The Labute approximate surface area is 164 Å². The molecule has 8 heteroatoms. The molecule has 0 aliphatic carbocycles. The minimum Gasteiger partial charge on any atom is -0.314 e. The summed E-state index contributed by atoms with van der Waals surface area (Å²) in [6.45, 7) is 4.49. The highest BCUT2D eigenvalue weighted by molar-refractivity contribution is 7.89. The first-order valence-corrected chi connectivity index (χ1v) is 10.5. The lowest BCUT2D eigenvalue weighted by Gasteiger charge is -2.19. The molecule has 0 aliphatic rings. The van der Waals surface area contributed by atoms with E-state index in [9.17, 15) is 8.42 Å². The monoisotopic (exact) mass is 404 g/mol. The number of aromatic nitrogens is 3. The smallest absolute Gasteiger partial charge is 0.241 e. The van der Waals surface area contributed by atoms with Crippen molar-refractivity contribution >= 4 is 21.6 Å². The predicted molar refractivity (Wildman–Crippen MR) is 105 cm³/mol. The van der Waals surface area contributed by atoms with Gasteiger partial charge in [-0.15, -0.1) is 10.2 Å². The molecule has 27 heavy (non-hydrogen) atoms. The van der Waals surface area contributed by atoms with Crippen molar-refractivity contribution in [1.29, 1.82) is 0 Å². The van der Waals surface area contributed by atoms with E-state index >= 15 is 0 Å². The van der Waals surface area contributed by atoms with Gasteiger partial charge in [-0.3, -0.25) is 0 Å². The second kappa shape index (κ2) is 8.21. The van der Waals surface area contributed by atoms with Crippen molar-refractivity contribution in [3.05, 3.63) is 76.8 Å². The summed E-state index contributed by atoms with van der Waals surface area (Å²) in [5.74, 6) is 1.34. The Morgan fingerprint density at radius 2 is 1.74 bits per heavy atom. The number of nitrogens with zero attached hydrogens (tertiary/aromatic N) is 3. The van der Waals surface area contributed by atoms with Crippen LogP contribution in [0.3, 0.4) is 0 Å². The third-order valence-electron chi connectivity index (χ3n) is 4.30. The zero-order valence-electron chi connectivity index (χ0n) is 15.1. The first-order valence-electron chi connectivity index (χ1n) is 8.62. The third-order valence-corrected chi connectivity index (χ3v) is 6.04. The highest BCUT2D eigenvalue weighted by atomic mass is 35.5. The van der Waals surface area contributed by atoms with Crippen molar-refractivity contribution in [1.82, 2.24) is 19.5 Å². The molecule has 1 unspecified atom stereocenters. The third kappa shape index (κ3) is 4.55. The second-order valence-electron chi connectivity index (χ2n) is 6.17. The van der Waals surface area contributed by atoms with E-state index in [0.29, 0.717) is 23.8 Å². The maximum Gasteiger partial charge on any atom is 0.241 e. The standard InChI is InChI=1S/C19H21ClN4O2S/c1-3-24-14(2)21-22-19(24)18(13-15-7-5-4-6-8-15)23-27(25,26)17-11-9-16(20)10-12-17/h4-12,18,23H,3,13H2,1-2H3. The Kier molecular flexibility index (Phi) is 5.94. The molecule has 0 bridgehead atoms. The van der Waals surface area contributed by atoms with Gasteiger partial charge in [0, 0.05) is 11.6 Å². The Bertz CT molecular complexity index is 1000. The van der Waals surface area contributed by atoms with E-state index in [1.807, 2.05) is 48.7 Å². The van der Waals surface area contributed by atoms with Gasteiger partial charge in [-0.05, 0) is 50.1 Å². The number of rotatable bonds is 7. The molecule has 1 aromatic heterocycles. The average molecular weight is 405 g/mol. The normalized spacial score (nSPS) is 12.9. The minimum absolute atomic E-state index is 0.157. The fraction of sp³-hybridized carbons (Fsp3) is 0.263. The van der Waals surface area contributed by atoms with E-state index in [-0.39, 0.29) is 4.90 Å². The summed E-state index contributed by atoms with van der Waals surface area (Å²) < 4.78 is 30.5. The van der Waals surface area contributed by atoms with Crippen LogP contribution in [0.15, 0.2) is 59.5 Å². The van der Waals surface area contributed by atoms with Crippen LogP contribution in [-0.2, 0) is 23.0 Å². The van der Waals surface area contributed by atoms with Crippen molar-refractivity contribution in [3.8, 4) is 0 Å². The first-order chi connectivity index (χ1) is 12.9. The number of benzene rings is 2. The maximum absolute atomic E-state index is 12.9. The molecule has 0 aliphatic heterocycles. The Morgan fingerprint density at radius 3 is 2.37 bits per heavy atom. The lowest BCUT2D eigenvalue weighted by Crippen LogP contribution is -2.32. The van der Waals surface area contributed by atoms with Crippen LogP contribution in [0.4, 0.5) is 0 Å². The van der Waals surface area contributed by atoms with Crippen LogP contribution in [0, 0.1) is 6.92 Å². The zero-order chi connectivity index (χ0) is 19.4. The van der Waals surface area contributed by atoms with E-state index in [1.54, 1.807) is 12.1 Å². The number of aryl methyl sites for hydroxylation is 1. The van der Waals surface area contributed by atoms with Crippen LogP contribution in [0.2, 0.25) is 5.02 Å². The summed E-state index contributed by atoms with van der Waals surface area (Å²) in [5, 5.41) is 8.85. The summed E-state index contributed by atoms with van der Waals surface area (Å²) in [5.41, 5.74) is 1.00. The summed E-state index contributed by atoms with van der Waals surface area (Å²) in [6.07, 6.45) is 0.464. The van der Waals surface area contributed by atoms with Gasteiger partial charge in [-0.2, -0.15) is 0 Å². The number of nitrogens with one attached hydrogen (secondary N) is 1. The van der Waals surface area contributed by atoms with E-state index in [2.05, 4.69) is 14.9 Å². The maximum atomic E-state index is 12.9. The van der Waals surface area contributed by atoms with Gasteiger partial charge in [0.2, 0.25) is 10.0 Å². The fourth-order valence-corrected chi connectivity index (χ4v) is 4.27. The van der Waals surface area contributed by atoms with E-state index < -0.39 is 16.1 Å². The fourth-order valence-electron chi connectivity index (χ4n) is 2.95. The van der Waals surface area contributed by atoms with Crippen LogP contribution < -0.4 is 4.72 Å². The van der Waals surface area contributed by atoms with Crippen molar-refractivity contribution in [2.24, 2.45) is 0 Å². The van der Waals surface area contributed by atoms with Crippen molar-refractivity contribution in [3.63, 3.8) is 0 Å². The predicted octanol–water partition coefficient (Wildman–Crippen LogP) is 3.52. The Morgan fingerprint density at radius 1 is 1.07 bits per heavy atom. The molecule has 0 amide bonds. The SMILES string of the molecule is CCn1c(C)nnc1C(Cc1ccccc1)NS(=O)(=O)c1ccc(Cl)cc1. The van der Waals surface area contributed by atoms with E-state index in [4.69, 9.17) is 11.6 Å². The molecule has 1 atom stereocenters. The van der Waals surface area contributed by atoms with Gasteiger partial charge in [0.25, 0.3) is 0 Å². The molecule has 6 nitrogen and oxygen atoms in total. The van der Waals surface area contributed by atoms with Crippen molar-refractivity contribution in [2.75, 3.05) is 0 Å². The second-order valence-corrected chi connectivity index (χ2v) is 8.32. The molecule has 1 N–H and O–H groups in total. The Hall–Kier alpha value is -2.22. The summed E-state index contributed by atoms with van der Waals surface area (Å²) in [4.78, 5) is 0.157. The largest absolute Gasteiger partial charge is 0.314 e. The molecule has 3 rings (SSSR count). The summed E-state index contributed by atoms with van der Waals surface area (Å²) in [7, 11) is -3.75. The van der Waals surface area contributed by atoms with Gasteiger partial charge in [-0.25, -0.2) is 13.1 Å². The lowest BCUT2D eigenvalue weighted by molar-refractivity contribution is 0.523. The molecular formula is C19H21ClN4O2S. The molecule has 2 aromatic carbocycles. The van der Waals surface area contributed by atoms with Crippen LogP contribution in [0.1, 0.15) is 30.2 Å².